The molecule has 0 bridgehead atoms. The first kappa shape index (κ1) is 36.1. The first-order chi connectivity index (χ1) is 21.3. The Kier molecular flexibility index (Phi) is 17.0. The maximum absolute atomic E-state index is 13.1. The quantitative estimate of drug-likeness (QED) is 0.0838. The lowest BCUT2D eigenvalue weighted by molar-refractivity contribution is -0.156. The minimum Gasteiger partial charge on any atom is -0.504 e. The predicted octanol–water partition coefficient (Wildman–Crippen LogP) is 1.47. The maximum Gasteiger partial charge on any atom is 0.334 e. The third kappa shape index (κ3) is 13.5. The molecule has 2 rings (SSSR count). The first-order valence-electron chi connectivity index (χ1n) is 13.9. The zero-order valence-electron chi connectivity index (χ0n) is 25.1. The number of aromatic nitrogens is 1. The highest BCUT2D eigenvalue weighted by Gasteiger charge is 2.28. The van der Waals surface area contributed by atoms with E-state index in [1.807, 2.05) is 30.3 Å². The maximum atomic E-state index is 13.1. The third-order valence-electron chi connectivity index (χ3n) is 5.95. The van der Waals surface area contributed by atoms with Gasteiger partial charge in [0.25, 0.3) is 5.91 Å². The van der Waals surface area contributed by atoms with Gasteiger partial charge in [-0.25, -0.2) is 14.6 Å². The van der Waals surface area contributed by atoms with E-state index in [9.17, 15) is 24.3 Å². The minimum absolute atomic E-state index is 0.155. The summed E-state index contributed by atoms with van der Waals surface area (Å²) in [6, 6.07) is 9.38. The van der Waals surface area contributed by atoms with Crippen molar-refractivity contribution in [1.29, 1.82) is 0 Å². The van der Waals surface area contributed by atoms with Crippen molar-refractivity contribution in [1.82, 2.24) is 10.3 Å². The van der Waals surface area contributed by atoms with Crippen LogP contribution in [-0.2, 0) is 49.2 Å². The number of aromatic hydroxyl groups is 1. The number of carbonyl (C=O) groups is 4. The third-order valence-corrected chi connectivity index (χ3v) is 5.95. The average Bonchev–Trinajstić information content (AvgIpc) is 3.01. The van der Waals surface area contributed by atoms with Crippen LogP contribution >= 0.6 is 0 Å². The summed E-state index contributed by atoms with van der Waals surface area (Å²) in [5.74, 6) is -3.65. The topological polar surface area (TPSA) is 178 Å². The monoisotopic (exact) mass is 620 g/mol. The fourth-order valence-corrected chi connectivity index (χ4v) is 3.88. The van der Waals surface area contributed by atoms with Crippen LogP contribution in [0.25, 0.3) is 0 Å². The normalized spacial score (nSPS) is 12.9. The average molecular weight is 621 g/mol. The molecule has 1 aromatic carbocycles. The summed E-state index contributed by atoms with van der Waals surface area (Å²) >= 11 is 0. The van der Waals surface area contributed by atoms with E-state index in [1.54, 1.807) is 14.0 Å². The van der Waals surface area contributed by atoms with Gasteiger partial charge in [-0.2, -0.15) is 0 Å². The number of rotatable bonds is 22. The van der Waals surface area contributed by atoms with Gasteiger partial charge in [-0.15, -0.1) is 0 Å². The Balaban J connectivity index is 1.90. The van der Waals surface area contributed by atoms with Gasteiger partial charge in [0.15, 0.2) is 23.2 Å². The number of pyridine rings is 1. The van der Waals surface area contributed by atoms with Gasteiger partial charge < -0.3 is 48.4 Å². The summed E-state index contributed by atoms with van der Waals surface area (Å²) in [5, 5.41) is 12.7. The van der Waals surface area contributed by atoms with Crippen LogP contribution in [0, 0.1) is 5.92 Å². The van der Waals surface area contributed by atoms with Crippen LogP contribution in [0.5, 0.6) is 11.5 Å². The van der Waals surface area contributed by atoms with Crippen LogP contribution < -0.4 is 10.1 Å². The van der Waals surface area contributed by atoms with E-state index in [-0.39, 0.29) is 50.2 Å². The number of nitrogens with zero attached hydrogens (tertiary/aromatic N) is 1. The molecular formula is C30H40N2O12. The zero-order chi connectivity index (χ0) is 32.2. The molecule has 0 aliphatic carbocycles. The van der Waals surface area contributed by atoms with E-state index in [4.69, 9.17) is 33.2 Å². The summed E-state index contributed by atoms with van der Waals surface area (Å²) in [6.07, 6.45) is 2.10. The van der Waals surface area contributed by atoms with Gasteiger partial charge in [-0.1, -0.05) is 30.3 Å². The summed E-state index contributed by atoms with van der Waals surface area (Å²) < 4.78 is 36.0. The Bertz CT molecular complexity index is 1160. The van der Waals surface area contributed by atoms with E-state index in [1.165, 1.54) is 13.2 Å². The van der Waals surface area contributed by atoms with Crippen LogP contribution in [0.1, 0.15) is 29.4 Å². The van der Waals surface area contributed by atoms with E-state index < -0.39 is 42.5 Å². The number of amides is 1. The second-order valence-corrected chi connectivity index (χ2v) is 9.49. The Morgan fingerprint density at radius 1 is 1.00 bits per heavy atom. The smallest absolute Gasteiger partial charge is 0.334 e. The second-order valence-electron chi connectivity index (χ2n) is 9.49. The number of carbonyl (C=O) groups excluding carboxylic acids is 4. The number of methoxy groups -OCH3 is 2. The highest BCUT2D eigenvalue weighted by molar-refractivity contribution is 5.98. The van der Waals surface area contributed by atoms with Crippen molar-refractivity contribution in [2.24, 2.45) is 5.92 Å². The van der Waals surface area contributed by atoms with Crippen molar-refractivity contribution >= 4 is 24.1 Å². The van der Waals surface area contributed by atoms with Crippen molar-refractivity contribution in [3.63, 3.8) is 0 Å². The van der Waals surface area contributed by atoms with Gasteiger partial charge >= 0.3 is 11.9 Å². The lowest BCUT2D eigenvalue weighted by Crippen LogP contribution is -2.46. The fourth-order valence-electron chi connectivity index (χ4n) is 3.88. The molecule has 2 N–H and O–H groups in total. The molecule has 1 aromatic heterocycles. The van der Waals surface area contributed by atoms with Crippen molar-refractivity contribution < 1.29 is 57.4 Å². The molecule has 44 heavy (non-hydrogen) atoms. The van der Waals surface area contributed by atoms with Crippen LogP contribution in [-0.4, -0.2) is 107 Å². The molecule has 2 unspecified atom stereocenters. The van der Waals surface area contributed by atoms with Crippen LogP contribution in [0.3, 0.4) is 0 Å². The van der Waals surface area contributed by atoms with Crippen LogP contribution in [0.4, 0.5) is 0 Å². The van der Waals surface area contributed by atoms with E-state index in [0.29, 0.717) is 19.6 Å². The number of hydrogen-bond donors (Lipinski definition) is 2. The molecule has 0 aliphatic rings. The van der Waals surface area contributed by atoms with E-state index in [0.717, 1.165) is 18.0 Å². The molecule has 1 heterocycles. The Morgan fingerprint density at radius 2 is 1.73 bits per heavy atom. The van der Waals surface area contributed by atoms with E-state index >= 15 is 0 Å². The highest BCUT2D eigenvalue weighted by atomic mass is 16.7. The fraction of sp³-hybridized carbons (Fsp3) is 0.500. The van der Waals surface area contributed by atoms with Crippen LogP contribution in [0.2, 0.25) is 0 Å². The van der Waals surface area contributed by atoms with Crippen LogP contribution in [0.15, 0.2) is 42.6 Å². The molecule has 1 amide bonds. The molecule has 3 atom stereocenters. The molecular weight excluding hydrogens is 580 g/mol. The lowest BCUT2D eigenvalue weighted by Gasteiger charge is -2.22. The minimum atomic E-state index is -1.25. The molecule has 242 valence electrons. The number of hydrogen-bond acceptors (Lipinski definition) is 13. The van der Waals surface area contributed by atoms with Gasteiger partial charge in [-0.05, 0) is 25.3 Å². The molecule has 0 saturated heterocycles. The number of esters is 2. The molecule has 14 nitrogen and oxygen atoms in total. The van der Waals surface area contributed by atoms with Gasteiger partial charge in [0, 0.05) is 32.4 Å². The summed E-state index contributed by atoms with van der Waals surface area (Å²) in [6.45, 7) is 1.64. The predicted molar refractivity (Wildman–Crippen MR) is 154 cm³/mol. The molecule has 0 aliphatic heterocycles. The van der Waals surface area contributed by atoms with Crippen molar-refractivity contribution in [3.8, 4) is 11.5 Å². The molecule has 0 fully saturated rings. The Hall–Kier alpha value is -4.11. The van der Waals surface area contributed by atoms with Gasteiger partial charge in [-0.3, -0.25) is 4.79 Å². The van der Waals surface area contributed by atoms with Gasteiger partial charge in [0.05, 0.1) is 39.1 Å². The lowest BCUT2D eigenvalue weighted by atomic mass is 9.95. The molecule has 0 spiro atoms. The SMILES string of the molecule is COCCOCCOCC(=O)OCOc1c(O)ccnc1C(=O)N[C@@H](COC)C(=O)OC(C)CC(C=O)Cc1ccccc1. The van der Waals surface area contributed by atoms with Crippen molar-refractivity contribution in [3.05, 3.63) is 53.9 Å². The van der Waals surface area contributed by atoms with Crippen molar-refractivity contribution in [2.45, 2.75) is 31.9 Å². The number of ether oxygens (including phenoxy) is 7. The second kappa shape index (κ2) is 20.7. The summed E-state index contributed by atoms with van der Waals surface area (Å²) in [4.78, 5) is 53.5. The van der Waals surface area contributed by atoms with Crippen molar-refractivity contribution in [2.75, 3.05) is 60.7 Å². The molecule has 14 heteroatoms. The Morgan fingerprint density at radius 3 is 2.43 bits per heavy atom. The standard InChI is InChI=1S/C30H40N2O12/c1-21(15-23(17-33)16-22-7-5-4-6-8-22)44-30(37)24(18-39-3)32-29(36)27-28(25(34)9-10-31-27)43-20-42-26(35)19-41-14-13-40-12-11-38-2/h4-10,17,21,23-24H,11-16,18-20H2,1-3H3,(H,31,34)(H,32,36)/t21?,23?,24-/m0/s1. The molecule has 0 saturated carbocycles. The first-order valence-corrected chi connectivity index (χ1v) is 13.9. The molecule has 0 radical (unpaired) electrons. The number of nitrogens with one attached hydrogen (secondary N) is 1. The summed E-state index contributed by atoms with van der Waals surface area (Å²) in [5.41, 5.74) is 0.600. The summed E-state index contributed by atoms with van der Waals surface area (Å²) in [7, 11) is 2.89. The number of benzene rings is 1. The van der Waals surface area contributed by atoms with E-state index in [2.05, 4.69) is 10.3 Å². The number of aldehydes is 1. The largest absolute Gasteiger partial charge is 0.504 e. The Labute approximate surface area is 255 Å². The van der Waals surface area contributed by atoms with Gasteiger partial charge in [0.2, 0.25) is 6.79 Å². The molecule has 2 aromatic rings. The van der Waals surface area contributed by atoms with Gasteiger partial charge in [0.1, 0.15) is 12.9 Å². The zero-order valence-corrected chi connectivity index (χ0v) is 25.1. The highest BCUT2D eigenvalue weighted by Crippen LogP contribution is 2.28.